The summed E-state index contributed by atoms with van der Waals surface area (Å²) in [4.78, 5) is 11.9. The zero-order valence-electron chi connectivity index (χ0n) is 11.8. The first kappa shape index (κ1) is 14.2. The fourth-order valence-corrected chi connectivity index (χ4v) is 1.87. The number of rotatable bonds is 5. The Bertz CT molecular complexity index is 590. The van der Waals surface area contributed by atoms with Crippen molar-refractivity contribution in [1.29, 1.82) is 0 Å². The van der Waals surface area contributed by atoms with Gasteiger partial charge in [-0.2, -0.15) is 0 Å². The first-order valence-corrected chi connectivity index (χ1v) is 6.35. The lowest BCUT2D eigenvalue weighted by molar-refractivity contribution is 0.0515. The maximum atomic E-state index is 11.9. The second-order valence-electron chi connectivity index (χ2n) is 4.26. The Morgan fingerprint density at radius 3 is 2.60 bits per heavy atom. The second kappa shape index (κ2) is 6.29. The molecule has 0 amide bonds. The normalized spacial score (nSPS) is 10.6. The van der Waals surface area contributed by atoms with Gasteiger partial charge in [0.15, 0.2) is 5.69 Å². The smallest absolute Gasteiger partial charge is 0.359 e. The molecule has 1 heterocycles. The number of carbonyl (C=O) groups excluding carboxylic acids is 1. The van der Waals surface area contributed by atoms with Crippen LogP contribution < -0.4 is 0 Å². The van der Waals surface area contributed by atoms with Gasteiger partial charge in [-0.1, -0.05) is 17.3 Å². The minimum absolute atomic E-state index is 0.316. The van der Waals surface area contributed by atoms with Gasteiger partial charge in [-0.3, -0.25) is 0 Å². The molecule has 6 nitrogen and oxygen atoms in total. The molecule has 0 fully saturated rings. The standard InChI is InChI=1S/C14H17N3O3/c1-4-20-14(18)13-10(2)15-16-17(13)12-7-5-11(6-8-12)9-19-3/h5-8H,4,9H2,1-3H3. The van der Waals surface area contributed by atoms with Gasteiger partial charge in [0.1, 0.15) is 0 Å². The van der Waals surface area contributed by atoms with E-state index in [9.17, 15) is 4.79 Å². The lowest BCUT2D eigenvalue weighted by atomic mass is 10.2. The van der Waals surface area contributed by atoms with Crippen LogP contribution >= 0.6 is 0 Å². The summed E-state index contributed by atoms with van der Waals surface area (Å²) in [5.41, 5.74) is 2.70. The van der Waals surface area contributed by atoms with Gasteiger partial charge in [0.25, 0.3) is 0 Å². The quantitative estimate of drug-likeness (QED) is 0.780. The van der Waals surface area contributed by atoms with E-state index in [1.165, 1.54) is 4.68 Å². The molecule has 0 atom stereocenters. The molecule has 0 radical (unpaired) electrons. The number of hydrogen-bond donors (Lipinski definition) is 0. The number of benzene rings is 1. The van der Waals surface area contributed by atoms with E-state index in [0.29, 0.717) is 24.6 Å². The molecule has 2 aromatic rings. The van der Waals surface area contributed by atoms with Crippen molar-refractivity contribution in [3.05, 3.63) is 41.2 Å². The van der Waals surface area contributed by atoms with Crippen molar-refractivity contribution in [2.24, 2.45) is 0 Å². The summed E-state index contributed by atoms with van der Waals surface area (Å²) in [6, 6.07) is 7.58. The zero-order chi connectivity index (χ0) is 14.5. The van der Waals surface area contributed by atoms with Gasteiger partial charge < -0.3 is 9.47 Å². The van der Waals surface area contributed by atoms with E-state index in [0.717, 1.165) is 11.3 Å². The highest BCUT2D eigenvalue weighted by molar-refractivity contribution is 5.89. The number of methoxy groups -OCH3 is 1. The highest BCUT2D eigenvalue weighted by Gasteiger charge is 2.19. The number of esters is 1. The number of hydrogen-bond acceptors (Lipinski definition) is 5. The monoisotopic (exact) mass is 275 g/mol. The first-order valence-electron chi connectivity index (χ1n) is 6.35. The van der Waals surface area contributed by atoms with Gasteiger partial charge in [-0.05, 0) is 31.5 Å². The number of ether oxygens (including phenoxy) is 2. The predicted octanol–water partition coefficient (Wildman–Crippen LogP) is 1.90. The second-order valence-corrected chi connectivity index (χ2v) is 4.26. The van der Waals surface area contributed by atoms with Crippen LogP contribution in [-0.4, -0.2) is 34.7 Å². The van der Waals surface area contributed by atoms with Crippen molar-refractivity contribution in [2.75, 3.05) is 13.7 Å². The lowest BCUT2D eigenvalue weighted by Crippen LogP contribution is -2.13. The summed E-state index contributed by atoms with van der Waals surface area (Å²) in [5, 5.41) is 7.94. The molecule has 6 heteroatoms. The first-order chi connectivity index (χ1) is 9.67. The van der Waals surface area contributed by atoms with Crippen molar-refractivity contribution in [3.63, 3.8) is 0 Å². The Labute approximate surface area is 117 Å². The molecule has 0 aliphatic rings. The van der Waals surface area contributed by atoms with Crippen LogP contribution in [0.4, 0.5) is 0 Å². The van der Waals surface area contributed by atoms with Gasteiger partial charge in [-0.25, -0.2) is 9.48 Å². The van der Waals surface area contributed by atoms with Crippen molar-refractivity contribution in [2.45, 2.75) is 20.5 Å². The Morgan fingerprint density at radius 1 is 1.30 bits per heavy atom. The third-order valence-corrected chi connectivity index (χ3v) is 2.80. The van der Waals surface area contributed by atoms with Crippen molar-refractivity contribution < 1.29 is 14.3 Å². The fraction of sp³-hybridized carbons (Fsp3) is 0.357. The molecule has 0 bridgehead atoms. The molecule has 0 aliphatic carbocycles. The molecule has 2 rings (SSSR count). The third kappa shape index (κ3) is 2.85. The largest absolute Gasteiger partial charge is 0.461 e. The summed E-state index contributed by atoms with van der Waals surface area (Å²) in [6.07, 6.45) is 0. The molecular weight excluding hydrogens is 258 g/mol. The van der Waals surface area contributed by atoms with Crippen molar-refractivity contribution in [1.82, 2.24) is 15.0 Å². The molecule has 0 N–H and O–H groups in total. The molecule has 0 aliphatic heterocycles. The number of nitrogens with zero attached hydrogens (tertiary/aromatic N) is 3. The summed E-state index contributed by atoms with van der Waals surface area (Å²) < 4.78 is 11.6. The molecule has 106 valence electrons. The Balaban J connectivity index is 2.35. The molecule has 0 unspecified atom stereocenters. The average molecular weight is 275 g/mol. The van der Waals surface area contributed by atoms with Gasteiger partial charge in [0, 0.05) is 7.11 Å². The van der Waals surface area contributed by atoms with E-state index >= 15 is 0 Å². The minimum atomic E-state index is -0.420. The number of carbonyl (C=O) groups is 1. The van der Waals surface area contributed by atoms with Crippen LogP contribution in [0.25, 0.3) is 5.69 Å². The molecule has 1 aromatic carbocycles. The van der Waals surface area contributed by atoms with Gasteiger partial charge >= 0.3 is 5.97 Å². The third-order valence-electron chi connectivity index (χ3n) is 2.80. The Morgan fingerprint density at radius 2 is 2.00 bits per heavy atom. The number of aromatic nitrogens is 3. The van der Waals surface area contributed by atoms with Crippen molar-refractivity contribution in [3.8, 4) is 5.69 Å². The molecule has 0 saturated heterocycles. The lowest BCUT2D eigenvalue weighted by Gasteiger charge is -2.07. The maximum absolute atomic E-state index is 11.9. The molecule has 0 spiro atoms. The van der Waals surface area contributed by atoms with E-state index < -0.39 is 5.97 Å². The van der Waals surface area contributed by atoms with Gasteiger partial charge in [-0.15, -0.1) is 5.10 Å². The highest BCUT2D eigenvalue weighted by Crippen LogP contribution is 2.15. The fourth-order valence-electron chi connectivity index (χ4n) is 1.87. The Hall–Kier alpha value is -2.21. The van der Waals surface area contributed by atoms with E-state index in [1.807, 2.05) is 24.3 Å². The van der Waals surface area contributed by atoms with Crippen LogP contribution in [0, 0.1) is 6.92 Å². The minimum Gasteiger partial charge on any atom is -0.461 e. The summed E-state index contributed by atoms with van der Waals surface area (Å²) >= 11 is 0. The molecule has 1 aromatic heterocycles. The van der Waals surface area contributed by atoms with E-state index in [2.05, 4.69) is 10.3 Å². The SMILES string of the molecule is CCOC(=O)c1c(C)nnn1-c1ccc(COC)cc1. The molecule has 0 saturated carbocycles. The van der Waals surface area contributed by atoms with Crippen LogP contribution in [-0.2, 0) is 16.1 Å². The maximum Gasteiger partial charge on any atom is 0.359 e. The average Bonchev–Trinajstić information content (AvgIpc) is 2.82. The predicted molar refractivity (Wildman–Crippen MR) is 72.8 cm³/mol. The summed E-state index contributed by atoms with van der Waals surface area (Å²) in [7, 11) is 1.65. The van der Waals surface area contributed by atoms with E-state index in [-0.39, 0.29) is 0 Å². The summed E-state index contributed by atoms with van der Waals surface area (Å²) in [5.74, 6) is -0.420. The van der Waals surface area contributed by atoms with Gasteiger partial charge in [0.2, 0.25) is 0 Å². The van der Waals surface area contributed by atoms with Crippen LogP contribution in [0.5, 0.6) is 0 Å². The van der Waals surface area contributed by atoms with Crippen molar-refractivity contribution >= 4 is 5.97 Å². The highest BCUT2D eigenvalue weighted by atomic mass is 16.5. The van der Waals surface area contributed by atoms with Crippen LogP contribution in [0.3, 0.4) is 0 Å². The van der Waals surface area contributed by atoms with Crippen LogP contribution in [0.1, 0.15) is 28.7 Å². The van der Waals surface area contributed by atoms with Crippen LogP contribution in [0.2, 0.25) is 0 Å². The molecular formula is C14H17N3O3. The van der Waals surface area contributed by atoms with E-state index in [1.54, 1.807) is 21.0 Å². The van der Waals surface area contributed by atoms with Gasteiger partial charge in [0.05, 0.1) is 24.6 Å². The molecule has 20 heavy (non-hydrogen) atoms. The summed E-state index contributed by atoms with van der Waals surface area (Å²) in [6.45, 7) is 4.35. The van der Waals surface area contributed by atoms with E-state index in [4.69, 9.17) is 9.47 Å². The Kier molecular flexibility index (Phi) is 4.47. The zero-order valence-corrected chi connectivity index (χ0v) is 11.8. The van der Waals surface area contributed by atoms with Crippen LogP contribution in [0.15, 0.2) is 24.3 Å². The topological polar surface area (TPSA) is 66.2 Å². The number of aryl methyl sites for hydroxylation is 1.